The molecule has 0 saturated carbocycles. The number of pyridine rings is 1. The van der Waals surface area contributed by atoms with Crippen molar-refractivity contribution in [2.75, 3.05) is 11.1 Å². The Hall–Kier alpha value is -2.08. The van der Waals surface area contributed by atoms with Gasteiger partial charge in [0, 0.05) is 41.5 Å². The van der Waals surface area contributed by atoms with Gasteiger partial charge in [-0.05, 0) is 12.1 Å². The minimum atomic E-state index is -0.659. The second kappa shape index (κ2) is 6.38. The summed E-state index contributed by atoms with van der Waals surface area (Å²) in [7, 11) is 0. The number of carbonyl (C=O) groups excluding carboxylic acids is 2. The van der Waals surface area contributed by atoms with Crippen LogP contribution in [0.2, 0.25) is 0 Å². The first-order valence-corrected chi connectivity index (χ1v) is 6.76. The fourth-order valence-corrected chi connectivity index (χ4v) is 2.15. The zero-order valence-electron chi connectivity index (χ0n) is 11.0. The maximum atomic E-state index is 12.1. The van der Waals surface area contributed by atoms with Gasteiger partial charge in [-0.1, -0.05) is 12.1 Å². The molecule has 20 heavy (non-hydrogen) atoms. The standard InChI is InChI=1S/C14H15N3O2S/c1-9(18)16-13(8-20)14(19)17-12-4-2-3-10-7-15-6-5-11(10)12/h2-7,13,20H,8H2,1H3,(H,16,18)(H,17,19). The van der Waals surface area contributed by atoms with Gasteiger partial charge in [-0.2, -0.15) is 12.6 Å². The third-order valence-corrected chi connectivity index (χ3v) is 3.18. The highest BCUT2D eigenvalue weighted by molar-refractivity contribution is 7.80. The Morgan fingerprint density at radius 1 is 1.35 bits per heavy atom. The molecule has 1 aromatic heterocycles. The van der Waals surface area contributed by atoms with Gasteiger partial charge >= 0.3 is 0 Å². The normalized spacial score (nSPS) is 11.9. The van der Waals surface area contributed by atoms with Crippen LogP contribution in [0.1, 0.15) is 6.92 Å². The molecule has 0 fully saturated rings. The van der Waals surface area contributed by atoms with E-state index in [-0.39, 0.29) is 17.6 Å². The Morgan fingerprint density at radius 2 is 2.15 bits per heavy atom. The van der Waals surface area contributed by atoms with Gasteiger partial charge < -0.3 is 10.6 Å². The lowest BCUT2D eigenvalue weighted by molar-refractivity contribution is -0.124. The van der Waals surface area contributed by atoms with Gasteiger partial charge in [0.05, 0.1) is 0 Å². The topological polar surface area (TPSA) is 71.1 Å². The van der Waals surface area contributed by atoms with Crippen LogP contribution >= 0.6 is 12.6 Å². The first-order chi connectivity index (χ1) is 9.61. The first-order valence-electron chi connectivity index (χ1n) is 6.13. The average molecular weight is 289 g/mol. The van der Waals surface area contributed by atoms with Crippen molar-refractivity contribution >= 4 is 40.9 Å². The lowest BCUT2D eigenvalue weighted by Gasteiger charge is -2.16. The van der Waals surface area contributed by atoms with E-state index in [1.165, 1.54) is 6.92 Å². The molecule has 0 bridgehead atoms. The largest absolute Gasteiger partial charge is 0.344 e. The number of hydrogen-bond donors (Lipinski definition) is 3. The molecule has 1 aromatic carbocycles. The molecule has 2 N–H and O–H groups in total. The van der Waals surface area contributed by atoms with E-state index in [2.05, 4.69) is 28.2 Å². The molecule has 2 amide bonds. The molecular formula is C14H15N3O2S. The minimum Gasteiger partial charge on any atom is -0.344 e. The summed E-state index contributed by atoms with van der Waals surface area (Å²) in [5, 5.41) is 7.21. The zero-order chi connectivity index (χ0) is 14.5. The van der Waals surface area contributed by atoms with Crippen LogP contribution in [0.3, 0.4) is 0 Å². The molecule has 0 spiro atoms. The molecule has 1 heterocycles. The lowest BCUT2D eigenvalue weighted by Crippen LogP contribution is -2.44. The summed E-state index contributed by atoms with van der Waals surface area (Å²) in [5.41, 5.74) is 0.687. The molecule has 5 nitrogen and oxygen atoms in total. The first kappa shape index (κ1) is 14.3. The van der Waals surface area contributed by atoms with Crippen molar-refractivity contribution in [1.82, 2.24) is 10.3 Å². The summed E-state index contributed by atoms with van der Waals surface area (Å²) in [6.07, 6.45) is 3.40. The van der Waals surface area contributed by atoms with Crippen molar-refractivity contribution in [3.05, 3.63) is 36.7 Å². The molecule has 0 aliphatic rings. The minimum absolute atomic E-state index is 0.234. The van der Waals surface area contributed by atoms with E-state index in [1.807, 2.05) is 24.3 Å². The van der Waals surface area contributed by atoms with Crippen molar-refractivity contribution in [2.45, 2.75) is 13.0 Å². The molecule has 2 aromatic rings. The van der Waals surface area contributed by atoms with Crippen molar-refractivity contribution in [2.24, 2.45) is 0 Å². The number of aromatic nitrogens is 1. The van der Waals surface area contributed by atoms with Crippen LogP contribution in [0.25, 0.3) is 10.8 Å². The highest BCUT2D eigenvalue weighted by Crippen LogP contribution is 2.22. The molecule has 6 heteroatoms. The van der Waals surface area contributed by atoms with Crippen molar-refractivity contribution in [1.29, 1.82) is 0 Å². The average Bonchev–Trinajstić information content (AvgIpc) is 2.45. The quantitative estimate of drug-likeness (QED) is 0.749. The number of fused-ring (bicyclic) bond motifs is 1. The number of amides is 2. The summed E-state index contributed by atoms with van der Waals surface area (Å²) >= 11 is 4.08. The summed E-state index contributed by atoms with van der Waals surface area (Å²) < 4.78 is 0. The number of hydrogen-bond acceptors (Lipinski definition) is 4. The van der Waals surface area contributed by atoms with Gasteiger partial charge in [-0.3, -0.25) is 14.6 Å². The van der Waals surface area contributed by atoms with Gasteiger partial charge in [-0.25, -0.2) is 0 Å². The number of rotatable bonds is 4. The summed E-state index contributed by atoms with van der Waals surface area (Å²) in [5.74, 6) is -0.321. The van der Waals surface area contributed by atoms with Gasteiger partial charge in [-0.15, -0.1) is 0 Å². The predicted octanol–water partition coefficient (Wildman–Crippen LogP) is 1.61. The number of carbonyl (C=O) groups is 2. The third-order valence-electron chi connectivity index (χ3n) is 2.82. The lowest BCUT2D eigenvalue weighted by atomic mass is 10.1. The van der Waals surface area contributed by atoms with Crippen LogP contribution in [0.5, 0.6) is 0 Å². The van der Waals surface area contributed by atoms with Crippen molar-refractivity contribution in [3.8, 4) is 0 Å². The number of nitrogens with zero attached hydrogens (tertiary/aromatic N) is 1. The second-order valence-corrected chi connectivity index (χ2v) is 4.69. The van der Waals surface area contributed by atoms with E-state index in [1.54, 1.807) is 12.4 Å². The molecule has 2 rings (SSSR count). The SMILES string of the molecule is CC(=O)NC(CS)C(=O)Nc1cccc2cnccc12. The number of benzene rings is 1. The predicted molar refractivity (Wildman–Crippen MR) is 81.8 cm³/mol. The fraction of sp³-hybridized carbons (Fsp3) is 0.214. The van der Waals surface area contributed by atoms with Crippen LogP contribution in [-0.4, -0.2) is 28.6 Å². The number of thiol groups is 1. The fourth-order valence-electron chi connectivity index (χ4n) is 1.89. The molecule has 1 atom stereocenters. The van der Waals surface area contributed by atoms with Gasteiger partial charge in [0.15, 0.2) is 0 Å². The monoisotopic (exact) mass is 289 g/mol. The maximum Gasteiger partial charge on any atom is 0.247 e. The summed E-state index contributed by atoms with van der Waals surface area (Å²) in [6, 6.07) is 6.74. The summed E-state index contributed by atoms with van der Waals surface area (Å²) in [6.45, 7) is 1.37. The smallest absolute Gasteiger partial charge is 0.247 e. The third kappa shape index (κ3) is 3.27. The van der Waals surface area contributed by atoms with E-state index < -0.39 is 6.04 Å². The van der Waals surface area contributed by atoms with E-state index in [4.69, 9.17) is 0 Å². The van der Waals surface area contributed by atoms with Crippen molar-refractivity contribution in [3.63, 3.8) is 0 Å². The maximum absolute atomic E-state index is 12.1. The highest BCUT2D eigenvalue weighted by atomic mass is 32.1. The van der Waals surface area contributed by atoms with E-state index >= 15 is 0 Å². The molecule has 0 saturated heterocycles. The Balaban J connectivity index is 2.23. The van der Waals surface area contributed by atoms with Crippen LogP contribution in [0.4, 0.5) is 5.69 Å². The van der Waals surface area contributed by atoms with Crippen LogP contribution < -0.4 is 10.6 Å². The Bertz CT molecular complexity index is 640. The number of nitrogens with one attached hydrogen (secondary N) is 2. The molecule has 0 aliphatic carbocycles. The van der Waals surface area contributed by atoms with Gasteiger partial charge in [0.25, 0.3) is 0 Å². The Labute approximate surface area is 122 Å². The molecular weight excluding hydrogens is 274 g/mol. The molecule has 0 aliphatic heterocycles. The van der Waals surface area contributed by atoms with E-state index in [0.717, 1.165) is 10.8 Å². The molecule has 0 radical (unpaired) electrons. The highest BCUT2D eigenvalue weighted by Gasteiger charge is 2.18. The summed E-state index contributed by atoms with van der Waals surface area (Å²) in [4.78, 5) is 27.2. The number of anilines is 1. The Kier molecular flexibility index (Phi) is 4.57. The van der Waals surface area contributed by atoms with Crippen LogP contribution in [-0.2, 0) is 9.59 Å². The second-order valence-electron chi connectivity index (χ2n) is 4.33. The van der Waals surface area contributed by atoms with Crippen LogP contribution in [0, 0.1) is 0 Å². The zero-order valence-corrected chi connectivity index (χ0v) is 11.9. The van der Waals surface area contributed by atoms with E-state index in [0.29, 0.717) is 5.69 Å². The molecule has 1 unspecified atom stereocenters. The Morgan fingerprint density at radius 3 is 2.85 bits per heavy atom. The molecule has 104 valence electrons. The van der Waals surface area contributed by atoms with Crippen molar-refractivity contribution < 1.29 is 9.59 Å². The van der Waals surface area contributed by atoms with E-state index in [9.17, 15) is 9.59 Å². The van der Waals surface area contributed by atoms with Gasteiger partial charge in [0.1, 0.15) is 6.04 Å². The van der Waals surface area contributed by atoms with Gasteiger partial charge in [0.2, 0.25) is 11.8 Å². The van der Waals surface area contributed by atoms with Crippen LogP contribution in [0.15, 0.2) is 36.7 Å².